The largest absolute Gasteiger partial charge is 0.255 e. The Morgan fingerprint density at radius 1 is 0.913 bits per heavy atom. The van der Waals surface area contributed by atoms with Gasteiger partial charge in [0, 0.05) is 0 Å². The molecule has 0 unspecified atom stereocenters. The Bertz CT molecular complexity index is 802. The number of benzene rings is 2. The molecule has 3 rings (SSSR count). The number of hydrogen-bond acceptors (Lipinski definition) is 3. The Hall–Kier alpha value is -2.53. The smallest absolute Gasteiger partial charge is 0.107 e. The molecule has 2 aromatic carbocycles. The highest BCUT2D eigenvalue weighted by atomic mass is 28.3. The van der Waals surface area contributed by atoms with Gasteiger partial charge < -0.3 is 0 Å². The van der Waals surface area contributed by atoms with Crippen molar-refractivity contribution in [1.82, 2.24) is 15.0 Å². The van der Waals surface area contributed by atoms with Gasteiger partial charge in [-0.05, 0) is 24.3 Å². The summed E-state index contributed by atoms with van der Waals surface area (Å²) in [4.78, 5) is 4.61. The minimum absolute atomic E-state index is 0.926. The fraction of sp³-hybridized carbons (Fsp3) is 0.167. The van der Waals surface area contributed by atoms with Gasteiger partial charge in [-0.15, -0.1) is 5.10 Å². The molecule has 0 radical (unpaired) electrons. The van der Waals surface area contributed by atoms with Gasteiger partial charge in [0.2, 0.25) is 0 Å². The molecule has 0 amide bonds. The van der Waals surface area contributed by atoms with E-state index < -0.39 is 8.07 Å². The molecule has 0 aliphatic carbocycles. The van der Waals surface area contributed by atoms with Crippen LogP contribution in [0.15, 0.2) is 65.7 Å². The van der Waals surface area contributed by atoms with E-state index in [9.17, 15) is 0 Å². The maximum absolute atomic E-state index is 4.61. The molecule has 0 atom stereocenters. The molecule has 0 fully saturated rings. The predicted molar refractivity (Wildman–Crippen MR) is 98.0 cm³/mol. The Morgan fingerprint density at radius 3 is 2.13 bits per heavy atom. The van der Waals surface area contributed by atoms with Gasteiger partial charge in [0.05, 0.1) is 22.9 Å². The van der Waals surface area contributed by atoms with Crippen LogP contribution in [0.4, 0.5) is 5.69 Å². The van der Waals surface area contributed by atoms with Crippen molar-refractivity contribution < 1.29 is 0 Å². The van der Waals surface area contributed by atoms with Gasteiger partial charge in [0.25, 0.3) is 0 Å². The van der Waals surface area contributed by atoms with E-state index in [0.29, 0.717) is 0 Å². The molecule has 0 aliphatic heterocycles. The van der Waals surface area contributed by atoms with Crippen molar-refractivity contribution in [2.75, 3.05) is 0 Å². The van der Waals surface area contributed by atoms with Crippen LogP contribution >= 0.6 is 0 Å². The lowest BCUT2D eigenvalue weighted by atomic mass is 10.3. The standard InChI is InChI=1S/C18H20N4Si/c1-23(2,3)18-17(14-19-15-10-6-4-7-11-15)22(21-20-18)16-12-8-5-9-13-16/h4-14H,1-3H3. The molecular weight excluding hydrogens is 300 g/mol. The van der Waals surface area contributed by atoms with Gasteiger partial charge in [-0.3, -0.25) is 4.99 Å². The zero-order valence-electron chi connectivity index (χ0n) is 13.6. The average molecular weight is 320 g/mol. The molecule has 1 aromatic heterocycles. The summed E-state index contributed by atoms with van der Waals surface area (Å²) < 4.78 is 1.88. The van der Waals surface area contributed by atoms with Crippen molar-refractivity contribution in [2.24, 2.45) is 4.99 Å². The van der Waals surface area contributed by atoms with E-state index >= 15 is 0 Å². The van der Waals surface area contributed by atoms with E-state index in [0.717, 1.165) is 22.4 Å². The van der Waals surface area contributed by atoms with Crippen molar-refractivity contribution in [2.45, 2.75) is 19.6 Å². The normalized spacial score (nSPS) is 12.0. The summed E-state index contributed by atoms with van der Waals surface area (Å²) in [5.74, 6) is 0. The maximum Gasteiger partial charge on any atom is 0.107 e. The first-order valence-electron chi connectivity index (χ1n) is 7.66. The molecule has 0 aliphatic rings. The first-order chi connectivity index (χ1) is 11.1. The van der Waals surface area contributed by atoms with Crippen LogP contribution in [0.2, 0.25) is 19.6 Å². The predicted octanol–water partition coefficient (Wildman–Crippen LogP) is 3.56. The lowest BCUT2D eigenvalue weighted by molar-refractivity contribution is 0.801. The molecule has 3 aromatic rings. The van der Waals surface area contributed by atoms with Crippen LogP contribution in [-0.2, 0) is 0 Å². The number of rotatable bonds is 4. The maximum atomic E-state index is 4.61. The topological polar surface area (TPSA) is 43.1 Å². The summed E-state index contributed by atoms with van der Waals surface area (Å²) in [7, 11) is -1.61. The molecule has 5 heteroatoms. The van der Waals surface area contributed by atoms with E-state index in [-0.39, 0.29) is 0 Å². The van der Waals surface area contributed by atoms with E-state index in [1.54, 1.807) is 0 Å². The monoisotopic (exact) mass is 320 g/mol. The molecule has 0 spiro atoms. The van der Waals surface area contributed by atoms with Crippen molar-refractivity contribution in [1.29, 1.82) is 0 Å². The molecule has 116 valence electrons. The SMILES string of the molecule is C[Si](C)(C)c1nnn(-c2ccccc2)c1C=Nc1ccccc1. The van der Waals surface area contributed by atoms with E-state index in [4.69, 9.17) is 0 Å². The highest BCUT2D eigenvalue weighted by Gasteiger charge is 2.26. The second-order valence-electron chi connectivity index (χ2n) is 6.41. The molecule has 0 N–H and O–H groups in total. The first-order valence-corrected chi connectivity index (χ1v) is 11.2. The Labute approximate surface area is 137 Å². The summed E-state index contributed by atoms with van der Waals surface area (Å²) in [6.45, 7) is 6.81. The number of nitrogens with zero attached hydrogens (tertiary/aromatic N) is 4. The summed E-state index contributed by atoms with van der Waals surface area (Å²) in [6.07, 6.45) is 1.88. The highest BCUT2D eigenvalue weighted by Crippen LogP contribution is 2.13. The quantitative estimate of drug-likeness (QED) is 0.545. The molecule has 0 saturated carbocycles. The van der Waals surface area contributed by atoms with Crippen LogP contribution in [0.25, 0.3) is 5.69 Å². The third kappa shape index (κ3) is 3.45. The second kappa shape index (κ2) is 6.30. The van der Waals surface area contributed by atoms with Gasteiger partial charge in [0.15, 0.2) is 0 Å². The molecule has 23 heavy (non-hydrogen) atoms. The molecule has 0 saturated heterocycles. The third-order valence-corrected chi connectivity index (χ3v) is 5.29. The summed E-state index contributed by atoms with van der Waals surface area (Å²) >= 11 is 0. The minimum atomic E-state index is -1.61. The molecule has 0 bridgehead atoms. The van der Waals surface area contributed by atoms with Crippen LogP contribution < -0.4 is 5.32 Å². The number of aromatic nitrogens is 3. The van der Waals surface area contributed by atoms with Gasteiger partial charge in [0.1, 0.15) is 13.8 Å². The van der Waals surface area contributed by atoms with Gasteiger partial charge in [-0.25, -0.2) is 4.68 Å². The van der Waals surface area contributed by atoms with Crippen LogP contribution in [-0.4, -0.2) is 29.3 Å². The van der Waals surface area contributed by atoms with Crippen molar-refractivity contribution in [3.8, 4) is 5.69 Å². The lowest BCUT2D eigenvalue weighted by Gasteiger charge is -2.13. The molecular formula is C18H20N4Si. The fourth-order valence-corrected chi connectivity index (χ4v) is 3.63. The second-order valence-corrected chi connectivity index (χ2v) is 11.4. The van der Waals surface area contributed by atoms with Gasteiger partial charge in [-0.1, -0.05) is 61.3 Å². The van der Waals surface area contributed by atoms with Crippen molar-refractivity contribution >= 4 is 25.3 Å². The van der Waals surface area contributed by atoms with E-state index in [2.05, 4.69) is 34.9 Å². The number of hydrogen-bond donors (Lipinski definition) is 0. The summed E-state index contributed by atoms with van der Waals surface area (Å²) in [6, 6.07) is 20.0. The van der Waals surface area contributed by atoms with Crippen LogP contribution in [0.1, 0.15) is 5.69 Å². The van der Waals surface area contributed by atoms with Crippen molar-refractivity contribution in [3.05, 3.63) is 66.4 Å². The lowest BCUT2D eigenvalue weighted by Crippen LogP contribution is -2.41. The van der Waals surface area contributed by atoms with Crippen molar-refractivity contribution in [3.63, 3.8) is 0 Å². The highest BCUT2D eigenvalue weighted by molar-refractivity contribution is 6.88. The minimum Gasteiger partial charge on any atom is -0.255 e. The summed E-state index contributed by atoms with van der Waals surface area (Å²) in [5.41, 5.74) is 2.90. The first kappa shape index (κ1) is 15.4. The Kier molecular flexibility index (Phi) is 4.21. The summed E-state index contributed by atoms with van der Waals surface area (Å²) in [5, 5.41) is 9.91. The van der Waals surface area contributed by atoms with Gasteiger partial charge in [-0.2, -0.15) is 0 Å². The van der Waals surface area contributed by atoms with Crippen LogP contribution in [0.5, 0.6) is 0 Å². The molecule has 4 nitrogen and oxygen atoms in total. The average Bonchev–Trinajstić information content (AvgIpc) is 2.99. The van der Waals surface area contributed by atoms with Gasteiger partial charge >= 0.3 is 0 Å². The fourth-order valence-electron chi connectivity index (χ4n) is 2.35. The molecule has 1 heterocycles. The van der Waals surface area contributed by atoms with E-state index in [1.807, 2.05) is 71.6 Å². The zero-order chi connectivity index (χ0) is 16.3. The number of para-hydroxylation sites is 2. The number of aliphatic imine (C=N–C) groups is 1. The Balaban J connectivity index is 2.09. The Morgan fingerprint density at radius 2 is 1.52 bits per heavy atom. The zero-order valence-corrected chi connectivity index (χ0v) is 14.6. The third-order valence-electron chi connectivity index (χ3n) is 3.51. The van der Waals surface area contributed by atoms with Crippen LogP contribution in [0.3, 0.4) is 0 Å². The van der Waals surface area contributed by atoms with E-state index in [1.165, 1.54) is 0 Å². The van der Waals surface area contributed by atoms with Crippen LogP contribution in [0, 0.1) is 0 Å².